The molecule has 1 heterocycles. The maximum Gasteiger partial charge on any atom is 0.253 e. The molecule has 0 N–H and O–H groups in total. The highest BCUT2D eigenvalue weighted by Crippen LogP contribution is 2.39. The van der Waals surface area contributed by atoms with Gasteiger partial charge in [-0.05, 0) is 81.2 Å². The summed E-state index contributed by atoms with van der Waals surface area (Å²) in [5.41, 5.74) is 3.17. The summed E-state index contributed by atoms with van der Waals surface area (Å²) in [7, 11) is -1.98. The summed E-state index contributed by atoms with van der Waals surface area (Å²) < 4.78 is 6.73. The van der Waals surface area contributed by atoms with Gasteiger partial charge in [0.05, 0.1) is 6.04 Å². The fourth-order valence-corrected chi connectivity index (χ4v) is 6.30. The molecule has 6 heteroatoms. The van der Waals surface area contributed by atoms with Gasteiger partial charge in [-0.15, -0.1) is 6.58 Å². The minimum atomic E-state index is -1.98. The molecule has 0 bridgehead atoms. The lowest BCUT2D eigenvalue weighted by Crippen LogP contribution is -2.57. The molecule has 39 heavy (non-hydrogen) atoms. The minimum absolute atomic E-state index is 0.0638. The maximum atomic E-state index is 13.0. The van der Waals surface area contributed by atoms with E-state index in [1.165, 1.54) is 11.1 Å². The van der Waals surface area contributed by atoms with Gasteiger partial charge in [-0.25, -0.2) is 0 Å². The Morgan fingerprint density at radius 3 is 2.26 bits per heavy atom. The molecular formula is C33H51N3O2Si. The number of piperazine rings is 1. The summed E-state index contributed by atoms with van der Waals surface area (Å²) in [4.78, 5) is 20.0. The molecule has 2 aromatic rings. The van der Waals surface area contributed by atoms with Crippen molar-refractivity contribution in [1.29, 1.82) is 0 Å². The zero-order valence-corrected chi connectivity index (χ0v) is 26.8. The third kappa shape index (κ3) is 7.22. The first-order chi connectivity index (χ1) is 18.3. The van der Waals surface area contributed by atoms with Crippen LogP contribution in [0.3, 0.4) is 0 Å². The fourth-order valence-electron chi connectivity index (χ4n) is 5.28. The molecule has 5 nitrogen and oxygen atoms in total. The van der Waals surface area contributed by atoms with Crippen LogP contribution >= 0.6 is 0 Å². The highest BCUT2D eigenvalue weighted by atomic mass is 28.4. The zero-order chi connectivity index (χ0) is 29.0. The molecule has 0 spiro atoms. The Hall–Kier alpha value is -2.41. The topological polar surface area (TPSA) is 36.0 Å². The Bertz CT molecular complexity index is 1100. The predicted octanol–water partition coefficient (Wildman–Crippen LogP) is 7.22. The first-order valence-corrected chi connectivity index (χ1v) is 17.5. The van der Waals surface area contributed by atoms with Crippen LogP contribution in [0.25, 0.3) is 0 Å². The standard InChI is InChI=1S/C33H51N3O2Si/c1-11-21-35-23-26(5)36(24-25(35)4)31(27-17-19-28(20-18-27)32(37)34(12-2)13-3)29-15-14-16-30(22-29)38-39(9,10)33(6,7)8/h11,14-20,22,25-26,31H,1,12-13,21,23-24H2,2-10H3/t25-,26-,31-/m1/s1. The minimum Gasteiger partial charge on any atom is -0.543 e. The van der Waals surface area contributed by atoms with Crippen molar-refractivity contribution < 1.29 is 9.22 Å². The van der Waals surface area contributed by atoms with Gasteiger partial charge in [0.1, 0.15) is 5.75 Å². The van der Waals surface area contributed by atoms with Gasteiger partial charge in [-0.3, -0.25) is 14.6 Å². The zero-order valence-electron chi connectivity index (χ0n) is 25.8. The molecule has 0 unspecified atom stereocenters. The molecule has 1 amide bonds. The van der Waals surface area contributed by atoms with Crippen molar-refractivity contribution in [1.82, 2.24) is 14.7 Å². The highest BCUT2D eigenvalue weighted by Gasteiger charge is 2.39. The summed E-state index contributed by atoms with van der Waals surface area (Å²) in [5, 5.41) is 0.126. The molecule has 3 atom stereocenters. The van der Waals surface area contributed by atoms with E-state index in [0.717, 1.165) is 30.9 Å². The number of amides is 1. The Labute approximate surface area is 239 Å². The van der Waals surface area contributed by atoms with E-state index in [4.69, 9.17) is 4.43 Å². The first-order valence-electron chi connectivity index (χ1n) is 14.6. The Kier molecular flexibility index (Phi) is 10.2. The molecule has 1 aliphatic rings. The number of nitrogens with zero attached hydrogens (tertiary/aromatic N) is 3. The quantitative estimate of drug-likeness (QED) is 0.231. The van der Waals surface area contributed by atoms with Crippen LogP contribution in [0.15, 0.2) is 61.2 Å². The van der Waals surface area contributed by atoms with Crippen molar-refractivity contribution in [2.75, 3.05) is 32.7 Å². The molecule has 1 saturated heterocycles. The molecule has 0 saturated carbocycles. The number of hydrogen-bond acceptors (Lipinski definition) is 4. The van der Waals surface area contributed by atoms with Gasteiger partial charge in [0.15, 0.2) is 0 Å². The van der Waals surface area contributed by atoms with E-state index in [9.17, 15) is 4.79 Å². The normalized spacial score (nSPS) is 19.9. The van der Waals surface area contributed by atoms with E-state index in [1.807, 2.05) is 37.0 Å². The number of rotatable bonds is 10. The van der Waals surface area contributed by atoms with Crippen LogP contribution in [-0.4, -0.2) is 73.7 Å². The molecule has 2 aromatic carbocycles. The van der Waals surface area contributed by atoms with Gasteiger partial charge in [-0.2, -0.15) is 0 Å². The van der Waals surface area contributed by atoms with Gasteiger partial charge in [0.25, 0.3) is 5.91 Å². The van der Waals surface area contributed by atoms with E-state index in [2.05, 4.69) is 100 Å². The molecule has 214 valence electrons. The maximum absolute atomic E-state index is 13.0. The molecule has 0 aromatic heterocycles. The number of carbonyl (C=O) groups is 1. The summed E-state index contributed by atoms with van der Waals surface area (Å²) >= 11 is 0. The second-order valence-electron chi connectivity index (χ2n) is 12.6. The van der Waals surface area contributed by atoms with E-state index < -0.39 is 8.32 Å². The average Bonchev–Trinajstić information content (AvgIpc) is 2.87. The van der Waals surface area contributed by atoms with E-state index in [0.29, 0.717) is 25.2 Å². The average molecular weight is 550 g/mol. The van der Waals surface area contributed by atoms with Crippen LogP contribution in [0.5, 0.6) is 5.75 Å². The van der Waals surface area contributed by atoms with E-state index in [1.54, 1.807) is 0 Å². The van der Waals surface area contributed by atoms with Crippen molar-refractivity contribution in [3.63, 3.8) is 0 Å². The SMILES string of the molecule is C=CCN1C[C@@H](C)N([C@H](c2ccc(C(=O)N(CC)CC)cc2)c2cccc(O[Si](C)(C)C(C)(C)C)c2)C[C@H]1C. The van der Waals surface area contributed by atoms with Gasteiger partial charge >= 0.3 is 0 Å². The molecule has 0 radical (unpaired) electrons. The largest absolute Gasteiger partial charge is 0.543 e. The Morgan fingerprint density at radius 1 is 1.05 bits per heavy atom. The number of benzene rings is 2. The van der Waals surface area contributed by atoms with Crippen LogP contribution < -0.4 is 4.43 Å². The third-order valence-corrected chi connectivity index (χ3v) is 13.1. The summed E-state index contributed by atoms with van der Waals surface area (Å²) in [6.45, 7) is 28.3. The lowest BCUT2D eigenvalue weighted by Gasteiger charge is -2.47. The van der Waals surface area contributed by atoms with Crippen LogP contribution in [0.2, 0.25) is 18.1 Å². The predicted molar refractivity (Wildman–Crippen MR) is 167 cm³/mol. The first kappa shape index (κ1) is 31.1. The lowest BCUT2D eigenvalue weighted by atomic mass is 9.92. The van der Waals surface area contributed by atoms with Gasteiger partial charge in [-0.1, -0.05) is 51.1 Å². The van der Waals surface area contributed by atoms with Crippen LogP contribution in [-0.2, 0) is 0 Å². The second-order valence-corrected chi connectivity index (χ2v) is 17.3. The van der Waals surface area contributed by atoms with Crippen molar-refractivity contribution in [2.24, 2.45) is 0 Å². The summed E-state index contributed by atoms with van der Waals surface area (Å²) in [6, 6.07) is 17.8. The van der Waals surface area contributed by atoms with Gasteiger partial charge in [0.2, 0.25) is 8.32 Å². The van der Waals surface area contributed by atoms with Crippen molar-refractivity contribution in [3.05, 3.63) is 77.9 Å². The fraction of sp³-hybridized carbons (Fsp3) is 0.545. The van der Waals surface area contributed by atoms with E-state index >= 15 is 0 Å². The van der Waals surface area contributed by atoms with Crippen LogP contribution in [0.1, 0.15) is 76.0 Å². The van der Waals surface area contributed by atoms with Gasteiger partial charge in [0, 0.05) is 50.4 Å². The van der Waals surface area contributed by atoms with Gasteiger partial charge < -0.3 is 9.33 Å². The molecule has 1 fully saturated rings. The van der Waals surface area contributed by atoms with Crippen molar-refractivity contribution in [3.8, 4) is 5.75 Å². The smallest absolute Gasteiger partial charge is 0.253 e. The molecule has 1 aliphatic heterocycles. The lowest BCUT2D eigenvalue weighted by molar-refractivity contribution is 0.0306. The van der Waals surface area contributed by atoms with Crippen molar-refractivity contribution in [2.45, 2.75) is 84.7 Å². The summed E-state index contributed by atoms with van der Waals surface area (Å²) in [5.74, 6) is 1.04. The van der Waals surface area contributed by atoms with Crippen LogP contribution in [0.4, 0.5) is 0 Å². The highest BCUT2D eigenvalue weighted by molar-refractivity contribution is 6.74. The molecule has 3 rings (SSSR count). The second kappa shape index (κ2) is 12.8. The van der Waals surface area contributed by atoms with Crippen LogP contribution in [0, 0.1) is 0 Å². The molecular weight excluding hydrogens is 498 g/mol. The molecule has 0 aliphatic carbocycles. The summed E-state index contributed by atoms with van der Waals surface area (Å²) in [6.07, 6.45) is 2.00. The third-order valence-electron chi connectivity index (χ3n) is 8.74. The monoisotopic (exact) mass is 549 g/mol. The number of carbonyl (C=O) groups excluding carboxylic acids is 1. The Morgan fingerprint density at radius 2 is 1.69 bits per heavy atom. The van der Waals surface area contributed by atoms with E-state index in [-0.39, 0.29) is 17.0 Å². The van der Waals surface area contributed by atoms with Crippen molar-refractivity contribution >= 4 is 14.2 Å². The number of hydrogen-bond donors (Lipinski definition) is 0. The Balaban J connectivity index is 2.03.